The summed E-state index contributed by atoms with van der Waals surface area (Å²) in [5, 5.41) is 8.84. The minimum absolute atomic E-state index is 0.0448. The number of aromatic nitrogens is 5. The monoisotopic (exact) mass is 389 g/mol. The lowest BCUT2D eigenvalue weighted by Gasteiger charge is -2.30. The van der Waals surface area contributed by atoms with Gasteiger partial charge in [-0.1, -0.05) is 13.3 Å². The van der Waals surface area contributed by atoms with Gasteiger partial charge in [0.1, 0.15) is 5.82 Å². The molecular formula is C20H25F2N5O. The maximum Gasteiger partial charge on any atom is 0.248 e. The first-order valence-electron chi connectivity index (χ1n) is 10.2. The van der Waals surface area contributed by atoms with Crippen molar-refractivity contribution in [2.24, 2.45) is 5.92 Å². The van der Waals surface area contributed by atoms with Crippen molar-refractivity contribution < 1.29 is 13.5 Å². The molecule has 3 heterocycles. The first-order chi connectivity index (χ1) is 13.5. The van der Waals surface area contributed by atoms with Crippen LogP contribution in [-0.4, -0.2) is 42.7 Å². The molecule has 0 radical (unpaired) electrons. The fourth-order valence-electron chi connectivity index (χ4n) is 5.01. The van der Waals surface area contributed by atoms with Gasteiger partial charge < -0.3 is 9.72 Å². The molecule has 5 rings (SSSR count). The van der Waals surface area contributed by atoms with Crippen LogP contribution in [0.15, 0.2) is 18.5 Å². The number of nitrogens with zero attached hydrogens (tertiary/aromatic N) is 4. The van der Waals surface area contributed by atoms with Crippen molar-refractivity contribution in [3.05, 3.63) is 24.3 Å². The second-order valence-corrected chi connectivity index (χ2v) is 8.28. The molecule has 0 amide bonds. The summed E-state index contributed by atoms with van der Waals surface area (Å²) in [6.45, 7) is 2.19. The van der Waals surface area contributed by atoms with E-state index in [1.807, 2.05) is 12.3 Å². The summed E-state index contributed by atoms with van der Waals surface area (Å²) >= 11 is 0. The van der Waals surface area contributed by atoms with Gasteiger partial charge in [-0.3, -0.25) is 4.40 Å². The predicted molar refractivity (Wildman–Crippen MR) is 100 cm³/mol. The third-order valence-corrected chi connectivity index (χ3v) is 6.52. The first-order valence-corrected chi connectivity index (χ1v) is 10.2. The molecule has 3 aromatic heterocycles. The lowest BCUT2D eigenvalue weighted by Crippen LogP contribution is -2.31. The summed E-state index contributed by atoms with van der Waals surface area (Å²) in [7, 11) is 0. The van der Waals surface area contributed by atoms with Gasteiger partial charge in [-0.15, -0.1) is 10.2 Å². The quantitative estimate of drug-likeness (QED) is 0.715. The average molecular weight is 389 g/mol. The van der Waals surface area contributed by atoms with Crippen LogP contribution in [0.4, 0.5) is 8.78 Å². The molecule has 1 N–H and O–H groups in total. The third-order valence-electron chi connectivity index (χ3n) is 6.52. The predicted octanol–water partition coefficient (Wildman–Crippen LogP) is 4.47. The van der Waals surface area contributed by atoms with E-state index in [1.54, 1.807) is 6.20 Å². The molecule has 3 atom stereocenters. The molecule has 28 heavy (non-hydrogen) atoms. The SMILES string of the molecule is CC[C@@H]1C[C@@H](OC2CCC(F)(F)CC2)C[C@H]1c1nnc2cnc3[nH]ccc3n12. The van der Waals surface area contributed by atoms with Crippen LogP contribution in [0.2, 0.25) is 0 Å². The highest BCUT2D eigenvalue weighted by molar-refractivity contribution is 5.74. The van der Waals surface area contributed by atoms with Crippen LogP contribution in [0, 0.1) is 5.92 Å². The van der Waals surface area contributed by atoms with Gasteiger partial charge in [0, 0.05) is 25.0 Å². The zero-order valence-corrected chi connectivity index (χ0v) is 15.9. The lowest BCUT2D eigenvalue weighted by molar-refractivity contribution is -0.0980. The van der Waals surface area contributed by atoms with Gasteiger partial charge >= 0.3 is 0 Å². The maximum atomic E-state index is 13.4. The second-order valence-electron chi connectivity index (χ2n) is 8.28. The molecule has 2 aliphatic carbocycles. The van der Waals surface area contributed by atoms with Gasteiger partial charge in [0.15, 0.2) is 11.3 Å². The standard InChI is InChI=1S/C20H25F2N5O/c1-2-12-9-14(28-13-3-6-20(21,22)7-4-13)10-15(12)19-26-25-17-11-24-18-16(27(17)19)5-8-23-18/h5,8,11-15,23H,2-4,6-7,9-10H2,1H3/t12-,14-,15-/m1/s1. The Labute approximate surface area is 161 Å². The largest absolute Gasteiger partial charge is 0.375 e. The van der Waals surface area contributed by atoms with Crippen LogP contribution in [-0.2, 0) is 4.74 Å². The summed E-state index contributed by atoms with van der Waals surface area (Å²) in [6.07, 6.45) is 7.30. The number of nitrogens with one attached hydrogen (secondary N) is 1. The number of aromatic amines is 1. The molecule has 0 aromatic carbocycles. The Balaban J connectivity index is 1.38. The molecule has 8 heteroatoms. The Kier molecular flexibility index (Phi) is 4.34. The zero-order chi connectivity index (χ0) is 19.3. The van der Waals surface area contributed by atoms with Crippen LogP contribution in [0.1, 0.15) is 63.6 Å². The van der Waals surface area contributed by atoms with E-state index in [4.69, 9.17) is 4.74 Å². The van der Waals surface area contributed by atoms with E-state index in [0.717, 1.165) is 41.9 Å². The Morgan fingerprint density at radius 2 is 2.04 bits per heavy atom. The van der Waals surface area contributed by atoms with Crippen LogP contribution >= 0.6 is 0 Å². The van der Waals surface area contributed by atoms with Gasteiger partial charge in [-0.2, -0.15) is 0 Å². The van der Waals surface area contributed by atoms with Gasteiger partial charge in [0.05, 0.1) is 23.9 Å². The minimum Gasteiger partial charge on any atom is -0.375 e. The Hall–Kier alpha value is -2.09. The Morgan fingerprint density at radius 3 is 2.82 bits per heavy atom. The summed E-state index contributed by atoms with van der Waals surface area (Å²) < 4.78 is 35.2. The van der Waals surface area contributed by atoms with E-state index in [0.29, 0.717) is 18.8 Å². The Bertz CT molecular complexity index is 973. The van der Waals surface area contributed by atoms with Crippen LogP contribution in [0.3, 0.4) is 0 Å². The molecule has 0 bridgehead atoms. The van der Waals surface area contributed by atoms with Gasteiger partial charge in [0.25, 0.3) is 0 Å². The second kappa shape index (κ2) is 6.76. The highest BCUT2D eigenvalue weighted by Crippen LogP contribution is 2.44. The highest BCUT2D eigenvalue weighted by Gasteiger charge is 2.41. The fourth-order valence-corrected chi connectivity index (χ4v) is 5.01. The number of halogens is 2. The zero-order valence-electron chi connectivity index (χ0n) is 15.9. The molecule has 2 aliphatic rings. The van der Waals surface area contributed by atoms with Crippen molar-refractivity contribution in [2.45, 2.75) is 75.9 Å². The van der Waals surface area contributed by atoms with Gasteiger partial charge in [-0.25, -0.2) is 13.8 Å². The van der Waals surface area contributed by atoms with Gasteiger partial charge in [-0.05, 0) is 37.7 Å². The number of ether oxygens (including phenoxy) is 1. The molecule has 0 spiro atoms. The van der Waals surface area contributed by atoms with E-state index in [1.165, 1.54) is 0 Å². The van der Waals surface area contributed by atoms with Gasteiger partial charge in [0.2, 0.25) is 5.92 Å². The van der Waals surface area contributed by atoms with Crippen molar-refractivity contribution in [3.63, 3.8) is 0 Å². The lowest BCUT2D eigenvalue weighted by atomic mass is 9.93. The van der Waals surface area contributed by atoms with E-state index in [9.17, 15) is 8.78 Å². The number of fused-ring (bicyclic) bond motifs is 3. The average Bonchev–Trinajstić information content (AvgIpc) is 3.39. The topological polar surface area (TPSA) is 68.1 Å². The molecule has 6 nitrogen and oxygen atoms in total. The summed E-state index contributed by atoms with van der Waals surface area (Å²) in [5.41, 5.74) is 2.54. The number of H-pyrrole nitrogens is 1. The third kappa shape index (κ3) is 3.07. The number of hydrogen-bond acceptors (Lipinski definition) is 4. The van der Waals surface area contributed by atoms with Crippen molar-refractivity contribution in [2.75, 3.05) is 0 Å². The fraction of sp³-hybridized carbons (Fsp3) is 0.650. The maximum absolute atomic E-state index is 13.4. The molecule has 150 valence electrons. The van der Waals surface area contributed by atoms with Crippen molar-refractivity contribution >= 4 is 16.8 Å². The van der Waals surface area contributed by atoms with Crippen molar-refractivity contribution in [1.29, 1.82) is 0 Å². The molecule has 2 saturated carbocycles. The summed E-state index contributed by atoms with van der Waals surface area (Å²) in [6, 6.07) is 1.99. The van der Waals surface area contributed by atoms with E-state index < -0.39 is 5.92 Å². The first kappa shape index (κ1) is 18.0. The van der Waals surface area contributed by atoms with Crippen LogP contribution < -0.4 is 0 Å². The van der Waals surface area contributed by atoms with E-state index in [-0.39, 0.29) is 31.0 Å². The summed E-state index contributed by atoms with van der Waals surface area (Å²) in [5.74, 6) is -0.865. The summed E-state index contributed by atoms with van der Waals surface area (Å²) in [4.78, 5) is 7.53. The van der Waals surface area contributed by atoms with Crippen molar-refractivity contribution in [1.82, 2.24) is 24.6 Å². The number of hydrogen-bond donors (Lipinski definition) is 1. The van der Waals surface area contributed by atoms with Crippen molar-refractivity contribution in [3.8, 4) is 0 Å². The van der Waals surface area contributed by atoms with Crippen LogP contribution in [0.5, 0.6) is 0 Å². The molecule has 3 aromatic rings. The molecule has 0 saturated heterocycles. The highest BCUT2D eigenvalue weighted by atomic mass is 19.3. The molecule has 0 aliphatic heterocycles. The molecular weight excluding hydrogens is 364 g/mol. The molecule has 0 unspecified atom stereocenters. The molecule has 2 fully saturated rings. The van der Waals surface area contributed by atoms with E-state index >= 15 is 0 Å². The minimum atomic E-state index is -2.51. The van der Waals surface area contributed by atoms with E-state index in [2.05, 4.69) is 31.5 Å². The van der Waals surface area contributed by atoms with Crippen LogP contribution in [0.25, 0.3) is 16.8 Å². The smallest absolute Gasteiger partial charge is 0.248 e. The number of alkyl halides is 2. The normalized spacial score (nSPS) is 28.5. The number of rotatable bonds is 4. The Morgan fingerprint density at radius 1 is 1.21 bits per heavy atom.